The molecule has 0 saturated heterocycles. The van der Waals surface area contributed by atoms with E-state index in [4.69, 9.17) is 22.0 Å². The van der Waals surface area contributed by atoms with Crippen molar-refractivity contribution in [3.05, 3.63) is 40.4 Å². The molecule has 1 aromatic rings. The van der Waals surface area contributed by atoms with E-state index >= 15 is 0 Å². The Morgan fingerprint density at radius 1 is 1.50 bits per heavy atom. The highest BCUT2D eigenvalue weighted by Gasteiger charge is 2.12. The van der Waals surface area contributed by atoms with Crippen LogP contribution in [0.3, 0.4) is 0 Å². The molecule has 0 radical (unpaired) electrons. The van der Waals surface area contributed by atoms with Gasteiger partial charge in [-0.3, -0.25) is 4.79 Å². The number of carbonyl (C=O) groups is 2. The van der Waals surface area contributed by atoms with Crippen LogP contribution in [0.5, 0.6) is 0 Å². The second-order valence-electron chi connectivity index (χ2n) is 4.04. The van der Waals surface area contributed by atoms with Crippen LogP contribution in [0.1, 0.15) is 22.3 Å². The smallest absolute Gasteiger partial charge is 0.328 e. The number of rotatable bonds is 5. The van der Waals surface area contributed by atoms with Crippen LogP contribution in [0.15, 0.2) is 24.3 Å². The van der Waals surface area contributed by atoms with E-state index in [-0.39, 0.29) is 12.3 Å². The lowest BCUT2D eigenvalue weighted by molar-refractivity contribution is -0.131. The molecule has 0 aliphatic rings. The van der Waals surface area contributed by atoms with Gasteiger partial charge in [0.15, 0.2) is 0 Å². The fourth-order valence-corrected chi connectivity index (χ4v) is 1.74. The van der Waals surface area contributed by atoms with E-state index in [1.165, 1.54) is 17.0 Å². The molecule has 1 amide bonds. The number of nitrogens with zero attached hydrogens (tertiary/aromatic N) is 2. The van der Waals surface area contributed by atoms with Gasteiger partial charge in [-0.15, -0.1) is 0 Å². The average molecular weight is 293 g/mol. The summed E-state index contributed by atoms with van der Waals surface area (Å²) in [6.07, 6.45) is 2.59. The van der Waals surface area contributed by atoms with Gasteiger partial charge in [0.2, 0.25) is 0 Å². The highest BCUT2D eigenvalue weighted by atomic mass is 35.5. The zero-order valence-corrected chi connectivity index (χ0v) is 11.6. The highest BCUT2D eigenvalue weighted by Crippen LogP contribution is 2.20. The number of carboxylic acid groups (broad SMARTS) is 1. The average Bonchev–Trinajstić information content (AvgIpc) is 2.42. The topological polar surface area (TPSA) is 81.4 Å². The molecular formula is C14H13ClN2O3. The Morgan fingerprint density at radius 3 is 2.75 bits per heavy atom. The van der Waals surface area contributed by atoms with E-state index in [0.29, 0.717) is 22.7 Å². The molecule has 104 valence electrons. The summed E-state index contributed by atoms with van der Waals surface area (Å²) < 4.78 is 0. The molecule has 1 N–H and O–H groups in total. The predicted molar refractivity (Wildman–Crippen MR) is 75.3 cm³/mol. The molecule has 0 unspecified atom stereocenters. The lowest BCUT2D eigenvalue weighted by Crippen LogP contribution is -2.27. The van der Waals surface area contributed by atoms with Gasteiger partial charge >= 0.3 is 5.97 Å². The Kier molecular flexibility index (Phi) is 5.75. The standard InChI is InChI=1S/C14H13ClN2O3/c1-17(8-2-7-16)14(20)11-4-3-10(12(15)9-11)5-6-13(18)19/h3-6,9H,2,8H2,1H3,(H,18,19)/b6-5+. The number of amides is 1. The first-order chi connectivity index (χ1) is 9.45. The number of carboxylic acids is 1. The van der Waals surface area contributed by atoms with Gasteiger partial charge in [-0.1, -0.05) is 17.7 Å². The molecule has 6 heteroatoms. The summed E-state index contributed by atoms with van der Waals surface area (Å²) >= 11 is 6.00. The number of aliphatic carboxylic acids is 1. The van der Waals surface area contributed by atoms with Crippen molar-refractivity contribution in [1.29, 1.82) is 5.26 Å². The summed E-state index contributed by atoms with van der Waals surface area (Å²) in [7, 11) is 1.60. The minimum Gasteiger partial charge on any atom is -0.478 e. The molecule has 1 aromatic carbocycles. The van der Waals surface area contributed by atoms with Crippen LogP contribution in [0.2, 0.25) is 5.02 Å². The summed E-state index contributed by atoms with van der Waals surface area (Å²) in [6, 6.07) is 6.59. The maximum atomic E-state index is 12.0. The molecule has 0 bridgehead atoms. The van der Waals surface area contributed by atoms with Crippen LogP contribution in [-0.2, 0) is 4.79 Å². The fourth-order valence-electron chi connectivity index (χ4n) is 1.50. The molecular weight excluding hydrogens is 280 g/mol. The van der Waals surface area contributed by atoms with E-state index in [0.717, 1.165) is 6.08 Å². The molecule has 0 aliphatic carbocycles. The maximum absolute atomic E-state index is 12.0. The van der Waals surface area contributed by atoms with Gasteiger partial charge in [0.05, 0.1) is 12.5 Å². The lowest BCUT2D eigenvalue weighted by atomic mass is 10.1. The second kappa shape index (κ2) is 7.31. The van der Waals surface area contributed by atoms with Crippen LogP contribution >= 0.6 is 11.6 Å². The van der Waals surface area contributed by atoms with Crippen molar-refractivity contribution in [2.24, 2.45) is 0 Å². The van der Waals surface area contributed by atoms with E-state index in [2.05, 4.69) is 0 Å². The first kappa shape index (κ1) is 15.7. The Bertz CT molecular complexity index is 591. The van der Waals surface area contributed by atoms with Gasteiger partial charge in [0.1, 0.15) is 0 Å². The summed E-state index contributed by atoms with van der Waals surface area (Å²) in [4.78, 5) is 23.9. The summed E-state index contributed by atoms with van der Waals surface area (Å²) in [5.74, 6) is -1.31. The van der Waals surface area contributed by atoms with Crippen molar-refractivity contribution < 1.29 is 14.7 Å². The zero-order valence-electron chi connectivity index (χ0n) is 10.8. The van der Waals surface area contributed by atoms with Crippen molar-refractivity contribution >= 4 is 29.6 Å². The molecule has 0 saturated carbocycles. The van der Waals surface area contributed by atoms with Gasteiger partial charge in [0, 0.05) is 30.3 Å². The minimum absolute atomic E-state index is 0.240. The zero-order chi connectivity index (χ0) is 15.1. The van der Waals surface area contributed by atoms with Gasteiger partial charge in [-0.05, 0) is 23.8 Å². The Morgan fingerprint density at radius 2 is 2.20 bits per heavy atom. The van der Waals surface area contributed by atoms with Crippen molar-refractivity contribution in [2.45, 2.75) is 6.42 Å². The van der Waals surface area contributed by atoms with Crippen LogP contribution in [0.4, 0.5) is 0 Å². The van der Waals surface area contributed by atoms with Crippen molar-refractivity contribution in [1.82, 2.24) is 4.90 Å². The van der Waals surface area contributed by atoms with Crippen molar-refractivity contribution in [3.8, 4) is 6.07 Å². The monoisotopic (exact) mass is 292 g/mol. The SMILES string of the molecule is CN(CCC#N)C(=O)c1ccc(/C=C/C(=O)O)c(Cl)c1. The van der Waals surface area contributed by atoms with Crippen molar-refractivity contribution in [2.75, 3.05) is 13.6 Å². The number of nitriles is 1. The molecule has 0 heterocycles. The van der Waals surface area contributed by atoms with Gasteiger partial charge in [-0.2, -0.15) is 5.26 Å². The van der Waals surface area contributed by atoms with E-state index in [1.807, 2.05) is 6.07 Å². The second-order valence-corrected chi connectivity index (χ2v) is 4.45. The molecule has 5 nitrogen and oxygen atoms in total. The summed E-state index contributed by atoms with van der Waals surface area (Å²) in [6.45, 7) is 0.341. The third-order valence-electron chi connectivity index (χ3n) is 2.56. The van der Waals surface area contributed by atoms with E-state index in [9.17, 15) is 9.59 Å². The fraction of sp³-hybridized carbons (Fsp3) is 0.214. The maximum Gasteiger partial charge on any atom is 0.328 e. The van der Waals surface area contributed by atoms with Gasteiger partial charge in [-0.25, -0.2) is 4.79 Å². The van der Waals surface area contributed by atoms with Gasteiger partial charge in [0.25, 0.3) is 5.91 Å². The molecule has 0 aromatic heterocycles. The predicted octanol–water partition coefficient (Wildman–Crippen LogP) is 2.42. The number of halogens is 1. The number of hydrogen-bond donors (Lipinski definition) is 1. The van der Waals surface area contributed by atoms with Crippen LogP contribution in [0.25, 0.3) is 6.08 Å². The summed E-state index contributed by atoms with van der Waals surface area (Å²) in [5.41, 5.74) is 0.910. The molecule has 0 spiro atoms. The quantitative estimate of drug-likeness (QED) is 0.845. The molecule has 1 rings (SSSR count). The number of hydrogen-bond acceptors (Lipinski definition) is 3. The van der Waals surface area contributed by atoms with E-state index < -0.39 is 5.97 Å². The third-order valence-corrected chi connectivity index (χ3v) is 2.89. The number of carbonyl (C=O) groups excluding carboxylic acids is 1. The van der Waals surface area contributed by atoms with Crippen LogP contribution < -0.4 is 0 Å². The van der Waals surface area contributed by atoms with Gasteiger partial charge < -0.3 is 10.0 Å². The summed E-state index contributed by atoms with van der Waals surface area (Å²) in [5, 5.41) is 17.3. The Hall–Kier alpha value is -2.32. The van der Waals surface area contributed by atoms with Crippen LogP contribution in [-0.4, -0.2) is 35.5 Å². The van der Waals surface area contributed by atoms with Crippen molar-refractivity contribution in [3.63, 3.8) is 0 Å². The first-order valence-electron chi connectivity index (χ1n) is 5.78. The normalized spacial score (nSPS) is 10.2. The third kappa shape index (κ3) is 4.41. The lowest BCUT2D eigenvalue weighted by Gasteiger charge is -2.15. The number of benzene rings is 1. The molecule has 0 aliphatic heterocycles. The van der Waals surface area contributed by atoms with E-state index in [1.54, 1.807) is 19.2 Å². The Balaban J connectivity index is 2.89. The minimum atomic E-state index is -1.07. The highest BCUT2D eigenvalue weighted by molar-refractivity contribution is 6.32. The Labute approximate surface area is 121 Å². The molecule has 0 atom stereocenters. The molecule has 0 fully saturated rings. The largest absolute Gasteiger partial charge is 0.478 e. The first-order valence-corrected chi connectivity index (χ1v) is 6.16. The molecule has 20 heavy (non-hydrogen) atoms. The van der Waals surface area contributed by atoms with Crippen LogP contribution in [0, 0.1) is 11.3 Å².